The number of hydrogen-bond donors (Lipinski definition) is 1. The molecule has 1 amide bonds. The average molecular weight is 239 g/mol. The molecule has 2 fully saturated rings. The fraction of sp³-hybridized carbons (Fsp3) is 0.923. The fourth-order valence-corrected chi connectivity index (χ4v) is 3.63. The molecule has 4 heteroatoms. The van der Waals surface area contributed by atoms with Gasteiger partial charge in [0.25, 0.3) is 0 Å². The van der Waals surface area contributed by atoms with Crippen molar-refractivity contribution in [1.82, 2.24) is 9.80 Å². The predicted molar refractivity (Wildman–Crippen MR) is 68.5 cm³/mol. The Bertz CT molecular complexity index is 316. The highest BCUT2D eigenvalue weighted by Gasteiger charge is 2.57. The molecule has 1 saturated heterocycles. The van der Waals surface area contributed by atoms with Gasteiger partial charge in [-0.15, -0.1) is 0 Å². The molecule has 98 valence electrons. The van der Waals surface area contributed by atoms with Gasteiger partial charge in [0.05, 0.1) is 5.41 Å². The summed E-state index contributed by atoms with van der Waals surface area (Å²) >= 11 is 0. The molecule has 3 atom stereocenters. The molecule has 2 rings (SSSR count). The molecular weight excluding hydrogens is 214 g/mol. The van der Waals surface area contributed by atoms with Gasteiger partial charge in [0.1, 0.15) is 0 Å². The molecular formula is C13H25N3O. The maximum atomic E-state index is 12.5. The van der Waals surface area contributed by atoms with E-state index in [0.29, 0.717) is 12.0 Å². The van der Waals surface area contributed by atoms with Gasteiger partial charge in [-0.2, -0.15) is 0 Å². The number of carbonyl (C=O) groups excluding carboxylic acids is 1. The summed E-state index contributed by atoms with van der Waals surface area (Å²) in [6.07, 6.45) is 1.86. The summed E-state index contributed by atoms with van der Waals surface area (Å²) in [5, 5.41) is 0. The maximum absolute atomic E-state index is 12.5. The molecule has 0 aromatic carbocycles. The molecule has 0 unspecified atom stereocenters. The third-order valence-corrected chi connectivity index (χ3v) is 4.50. The molecule has 17 heavy (non-hydrogen) atoms. The second-order valence-corrected chi connectivity index (χ2v) is 6.28. The minimum absolute atomic E-state index is 0.201. The van der Waals surface area contributed by atoms with Crippen LogP contribution in [0.3, 0.4) is 0 Å². The van der Waals surface area contributed by atoms with Gasteiger partial charge in [-0.25, -0.2) is 0 Å². The fourth-order valence-electron chi connectivity index (χ4n) is 3.63. The molecule has 1 aliphatic carbocycles. The van der Waals surface area contributed by atoms with E-state index < -0.39 is 0 Å². The van der Waals surface area contributed by atoms with Gasteiger partial charge in [-0.1, -0.05) is 0 Å². The molecule has 1 saturated carbocycles. The van der Waals surface area contributed by atoms with Crippen LogP contribution in [0.25, 0.3) is 0 Å². The minimum Gasteiger partial charge on any atom is -0.348 e. The van der Waals surface area contributed by atoms with Crippen molar-refractivity contribution in [3.05, 3.63) is 0 Å². The first-order valence-corrected chi connectivity index (χ1v) is 6.58. The molecule has 4 nitrogen and oxygen atoms in total. The molecule has 0 aromatic heterocycles. The van der Waals surface area contributed by atoms with Gasteiger partial charge in [-0.3, -0.25) is 9.69 Å². The van der Waals surface area contributed by atoms with Crippen LogP contribution in [-0.4, -0.2) is 55.0 Å². The largest absolute Gasteiger partial charge is 0.348 e. The van der Waals surface area contributed by atoms with Gasteiger partial charge < -0.3 is 10.6 Å². The lowest BCUT2D eigenvalue weighted by Gasteiger charge is -2.31. The molecule has 2 aliphatic rings. The van der Waals surface area contributed by atoms with Crippen molar-refractivity contribution in [2.45, 2.75) is 38.8 Å². The van der Waals surface area contributed by atoms with Gasteiger partial charge in [0.2, 0.25) is 5.91 Å². The maximum Gasteiger partial charge on any atom is 0.229 e. The molecule has 0 radical (unpaired) electrons. The van der Waals surface area contributed by atoms with Crippen LogP contribution in [0.2, 0.25) is 0 Å². The number of rotatable bonds is 2. The van der Waals surface area contributed by atoms with E-state index in [1.54, 1.807) is 4.90 Å². The Morgan fingerprint density at radius 2 is 2.12 bits per heavy atom. The number of carbonyl (C=O) groups is 1. The topological polar surface area (TPSA) is 49.6 Å². The van der Waals surface area contributed by atoms with E-state index in [1.807, 2.05) is 14.1 Å². The Morgan fingerprint density at radius 1 is 1.47 bits per heavy atom. The lowest BCUT2D eigenvalue weighted by Crippen LogP contribution is -2.45. The Hall–Kier alpha value is -0.610. The van der Waals surface area contributed by atoms with Gasteiger partial charge in [0.15, 0.2) is 0 Å². The first-order valence-electron chi connectivity index (χ1n) is 6.58. The van der Waals surface area contributed by atoms with Crippen molar-refractivity contribution in [2.24, 2.45) is 17.1 Å². The van der Waals surface area contributed by atoms with Crippen LogP contribution in [0.5, 0.6) is 0 Å². The smallest absolute Gasteiger partial charge is 0.229 e. The summed E-state index contributed by atoms with van der Waals surface area (Å²) in [5.41, 5.74) is 5.88. The Labute approximate surface area is 104 Å². The van der Waals surface area contributed by atoms with Crippen LogP contribution in [0.1, 0.15) is 26.7 Å². The summed E-state index contributed by atoms with van der Waals surface area (Å²) in [7, 11) is 3.71. The lowest BCUT2D eigenvalue weighted by molar-refractivity contribution is -0.140. The van der Waals surface area contributed by atoms with E-state index in [2.05, 4.69) is 18.7 Å². The highest BCUT2D eigenvalue weighted by Crippen LogP contribution is 2.49. The van der Waals surface area contributed by atoms with E-state index in [1.165, 1.54) is 0 Å². The van der Waals surface area contributed by atoms with Crippen LogP contribution in [0, 0.1) is 11.3 Å². The second kappa shape index (κ2) is 4.25. The number of nitrogens with zero attached hydrogens (tertiary/aromatic N) is 2. The number of likely N-dealkylation sites (tertiary alicyclic amines) is 1. The molecule has 1 heterocycles. The number of amides is 1. The second-order valence-electron chi connectivity index (χ2n) is 6.28. The third-order valence-electron chi connectivity index (χ3n) is 4.50. The third kappa shape index (κ3) is 1.97. The van der Waals surface area contributed by atoms with Crippen molar-refractivity contribution in [3.8, 4) is 0 Å². The predicted octanol–water partition coefficient (Wildman–Crippen LogP) is 0.522. The SMILES string of the molecule is CC(C)N1C[C@@H]2C[C@@H](N)C[C@]2(C(=O)N(C)C)C1. The van der Waals surface area contributed by atoms with Crippen LogP contribution >= 0.6 is 0 Å². The van der Waals surface area contributed by atoms with Crippen molar-refractivity contribution < 1.29 is 4.79 Å². The molecule has 0 bridgehead atoms. The molecule has 0 spiro atoms. The van der Waals surface area contributed by atoms with E-state index in [9.17, 15) is 4.79 Å². The zero-order valence-corrected chi connectivity index (χ0v) is 11.4. The van der Waals surface area contributed by atoms with Crippen LogP contribution in [-0.2, 0) is 4.79 Å². The van der Waals surface area contributed by atoms with Crippen molar-refractivity contribution in [1.29, 1.82) is 0 Å². The quantitative estimate of drug-likeness (QED) is 0.764. The van der Waals surface area contributed by atoms with Gasteiger partial charge >= 0.3 is 0 Å². The standard InChI is InChI=1S/C13H25N3O/c1-9(2)16-7-10-5-11(14)6-13(10,8-16)12(17)15(3)4/h9-11H,5-8,14H2,1-4H3/t10-,11+,13-/m0/s1. The normalized spacial score (nSPS) is 37.5. The Balaban J connectivity index is 2.24. The van der Waals surface area contributed by atoms with Crippen molar-refractivity contribution in [3.63, 3.8) is 0 Å². The van der Waals surface area contributed by atoms with Gasteiger partial charge in [-0.05, 0) is 32.6 Å². The average Bonchev–Trinajstić information content (AvgIpc) is 2.69. The van der Waals surface area contributed by atoms with Gasteiger partial charge in [0, 0.05) is 39.3 Å². The van der Waals surface area contributed by atoms with Crippen LogP contribution in [0.4, 0.5) is 0 Å². The number of nitrogens with two attached hydrogens (primary N) is 1. The van der Waals surface area contributed by atoms with E-state index in [0.717, 1.165) is 25.9 Å². The van der Waals surface area contributed by atoms with E-state index >= 15 is 0 Å². The number of fused-ring (bicyclic) bond motifs is 1. The van der Waals surface area contributed by atoms with Crippen molar-refractivity contribution in [2.75, 3.05) is 27.2 Å². The first kappa shape index (κ1) is 12.8. The van der Waals surface area contributed by atoms with Crippen molar-refractivity contribution >= 4 is 5.91 Å². The first-order chi connectivity index (χ1) is 7.86. The van der Waals surface area contributed by atoms with E-state index in [4.69, 9.17) is 5.73 Å². The highest BCUT2D eigenvalue weighted by molar-refractivity contribution is 5.84. The summed E-state index contributed by atoms with van der Waals surface area (Å²) in [6.45, 7) is 6.33. The summed E-state index contributed by atoms with van der Waals surface area (Å²) in [6, 6.07) is 0.724. The zero-order valence-electron chi connectivity index (χ0n) is 11.4. The highest BCUT2D eigenvalue weighted by atomic mass is 16.2. The van der Waals surface area contributed by atoms with Crippen LogP contribution in [0.15, 0.2) is 0 Å². The summed E-state index contributed by atoms with van der Waals surface area (Å²) in [5.74, 6) is 0.730. The molecule has 0 aromatic rings. The number of hydrogen-bond acceptors (Lipinski definition) is 3. The van der Waals surface area contributed by atoms with E-state index in [-0.39, 0.29) is 17.4 Å². The molecule has 2 N–H and O–H groups in total. The zero-order chi connectivity index (χ0) is 12.8. The van der Waals surface area contributed by atoms with Crippen LogP contribution < -0.4 is 5.73 Å². The lowest BCUT2D eigenvalue weighted by atomic mass is 9.79. The molecule has 1 aliphatic heterocycles. The summed E-state index contributed by atoms with van der Waals surface area (Å²) in [4.78, 5) is 16.7. The summed E-state index contributed by atoms with van der Waals surface area (Å²) < 4.78 is 0. The monoisotopic (exact) mass is 239 g/mol. The Morgan fingerprint density at radius 3 is 2.65 bits per heavy atom. The Kier molecular flexibility index (Phi) is 3.21. The minimum atomic E-state index is -0.201.